The average molecular weight is 459 g/mol. The maximum absolute atomic E-state index is 13.0. The third-order valence-corrected chi connectivity index (χ3v) is 6.52. The van der Waals surface area contributed by atoms with E-state index in [0.29, 0.717) is 10.9 Å². The molecule has 96 valence electrons. The van der Waals surface area contributed by atoms with E-state index in [1.54, 1.807) is 6.07 Å². The van der Waals surface area contributed by atoms with Gasteiger partial charge in [0.15, 0.2) is 0 Å². The standard InChI is InChI=1S/C12H8Br3FOS/c13-8-4-7(16)2-1-6(8)3-10(17)11-5-9(14)12(15)18-11/h1-2,4-5,10,17H,3H2. The molecular formula is C12H8Br3FOS. The number of benzene rings is 1. The van der Waals surface area contributed by atoms with Gasteiger partial charge in [0.2, 0.25) is 0 Å². The Morgan fingerprint density at radius 2 is 1.89 bits per heavy atom. The molecule has 1 nitrogen and oxygen atoms in total. The zero-order chi connectivity index (χ0) is 13.3. The fourth-order valence-corrected chi connectivity index (χ4v) is 4.11. The minimum Gasteiger partial charge on any atom is -0.387 e. The summed E-state index contributed by atoms with van der Waals surface area (Å²) in [7, 11) is 0. The van der Waals surface area contributed by atoms with Crippen molar-refractivity contribution in [1.82, 2.24) is 0 Å². The Morgan fingerprint density at radius 1 is 1.17 bits per heavy atom. The number of rotatable bonds is 3. The van der Waals surface area contributed by atoms with Crippen LogP contribution in [0, 0.1) is 5.82 Å². The molecule has 0 radical (unpaired) electrons. The highest BCUT2D eigenvalue weighted by molar-refractivity contribution is 9.13. The van der Waals surface area contributed by atoms with Gasteiger partial charge in [-0.3, -0.25) is 0 Å². The van der Waals surface area contributed by atoms with Crippen LogP contribution < -0.4 is 0 Å². The van der Waals surface area contributed by atoms with Crippen molar-refractivity contribution in [3.8, 4) is 0 Å². The van der Waals surface area contributed by atoms with Crippen LogP contribution in [0.2, 0.25) is 0 Å². The normalized spacial score (nSPS) is 12.7. The van der Waals surface area contributed by atoms with Gasteiger partial charge < -0.3 is 5.11 Å². The van der Waals surface area contributed by atoms with Gasteiger partial charge in [0, 0.05) is 20.2 Å². The first kappa shape index (κ1) is 14.7. The number of aliphatic hydroxyl groups excluding tert-OH is 1. The molecule has 1 heterocycles. The summed E-state index contributed by atoms with van der Waals surface area (Å²) >= 11 is 11.6. The maximum Gasteiger partial charge on any atom is 0.124 e. The Hall–Kier alpha value is 0.250. The zero-order valence-electron chi connectivity index (χ0n) is 8.96. The highest BCUT2D eigenvalue weighted by Crippen LogP contribution is 2.37. The molecule has 0 aliphatic heterocycles. The van der Waals surface area contributed by atoms with Gasteiger partial charge in [-0.2, -0.15) is 0 Å². The van der Waals surface area contributed by atoms with E-state index in [2.05, 4.69) is 47.8 Å². The second kappa shape index (κ2) is 6.13. The smallest absolute Gasteiger partial charge is 0.124 e. The molecule has 1 unspecified atom stereocenters. The average Bonchev–Trinajstić information content (AvgIpc) is 2.63. The summed E-state index contributed by atoms with van der Waals surface area (Å²) in [6.07, 6.45) is -0.153. The number of aliphatic hydroxyl groups is 1. The third-order valence-electron chi connectivity index (χ3n) is 2.42. The van der Waals surface area contributed by atoms with Crippen LogP contribution in [-0.2, 0) is 6.42 Å². The topological polar surface area (TPSA) is 20.2 Å². The van der Waals surface area contributed by atoms with E-state index in [9.17, 15) is 9.50 Å². The molecule has 0 aliphatic carbocycles. The first-order valence-corrected chi connectivity index (χ1v) is 8.23. The van der Waals surface area contributed by atoms with Crippen molar-refractivity contribution < 1.29 is 9.50 Å². The van der Waals surface area contributed by atoms with Crippen molar-refractivity contribution in [2.75, 3.05) is 0 Å². The summed E-state index contributed by atoms with van der Waals surface area (Å²) in [5.74, 6) is -0.290. The number of hydrogen-bond acceptors (Lipinski definition) is 2. The van der Waals surface area contributed by atoms with E-state index >= 15 is 0 Å². The molecule has 1 aromatic carbocycles. The summed E-state index contributed by atoms with van der Waals surface area (Å²) in [6, 6.07) is 6.37. The van der Waals surface area contributed by atoms with Crippen LogP contribution in [0.15, 0.2) is 37.0 Å². The predicted octanol–water partition coefficient (Wildman–Crippen LogP) is 5.45. The molecule has 6 heteroatoms. The van der Waals surface area contributed by atoms with E-state index in [1.807, 2.05) is 6.07 Å². The van der Waals surface area contributed by atoms with Gasteiger partial charge in [0.1, 0.15) is 5.82 Å². The molecule has 2 rings (SSSR count). The molecule has 18 heavy (non-hydrogen) atoms. The van der Waals surface area contributed by atoms with Crippen molar-refractivity contribution in [3.05, 3.63) is 53.3 Å². The third kappa shape index (κ3) is 3.42. The first-order valence-electron chi connectivity index (χ1n) is 5.04. The van der Waals surface area contributed by atoms with E-state index in [0.717, 1.165) is 18.7 Å². The van der Waals surface area contributed by atoms with E-state index in [4.69, 9.17) is 0 Å². The number of hydrogen-bond donors (Lipinski definition) is 1. The second-order valence-electron chi connectivity index (χ2n) is 3.73. The molecule has 1 N–H and O–H groups in total. The lowest BCUT2D eigenvalue weighted by Crippen LogP contribution is -2.00. The maximum atomic E-state index is 13.0. The van der Waals surface area contributed by atoms with Crippen LogP contribution in [0.1, 0.15) is 16.5 Å². The van der Waals surface area contributed by atoms with Crippen molar-refractivity contribution in [2.45, 2.75) is 12.5 Å². The van der Waals surface area contributed by atoms with Crippen LogP contribution in [0.5, 0.6) is 0 Å². The molecule has 0 saturated heterocycles. The van der Waals surface area contributed by atoms with Gasteiger partial charge in [0.05, 0.1) is 9.89 Å². The molecule has 1 aromatic heterocycles. The molecule has 0 fully saturated rings. The highest BCUT2D eigenvalue weighted by Gasteiger charge is 2.15. The van der Waals surface area contributed by atoms with Crippen molar-refractivity contribution >= 4 is 59.1 Å². The molecule has 0 spiro atoms. The monoisotopic (exact) mass is 456 g/mol. The highest BCUT2D eigenvalue weighted by atomic mass is 79.9. The molecule has 0 saturated carbocycles. The minimum absolute atomic E-state index is 0.290. The van der Waals surface area contributed by atoms with Gasteiger partial charge >= 0.3 is 0 Å². The molecule has 0 amide bonds. The summed E-state index contributed by atoms with van der Waals surface area (Å²) < 4.78 is 15.5. The molecule has 0 bridgehead atoms. The minimum atomic E-state index is -0.598. The zero-order valence-corrected chi connectivity index (χ0v) is 14.5. The fourth-order valence-electron chi connectivity index (χ4n) is 1.52. The molecule has 1 atom stereocenters. The van der Waals surface area contributed by atoms with E-state index < -0.39 is 6.10 Å². The molecule has 0 aliphatic rings. The Morgan fingerprint density at radius 3 is 2.44 bits per heavy atom. The van der Waals surface area contributed by atoms with Crippen LogP contribution in [-0.4, -0.2) is 5.11 Å². The quantitative estimate of drug-likeness (QED) is 0.648. The Labute approximate surface area is 133 Å². The van der Waals surface area contributed by atoms with Crippen molar-refractivity contribution in [1.29, 1.82) is 0 Å². The van der Waals surface area contributed by atoms with E-state index in [-0.39, 0.29) is 5.82 Å². The summed E-state index contributed by atoms with van der Waals surface area (Å²) in [4.78, 5) is 0.866. The lowest BCUT2D eigenvalue weighted by Gasteiger charge is -2.10. The summed E-state index contributed by atoms with van der Waals surface area (Å²) in [5.41, 5.74) is 0.879. The van der Waals surface area contributed by atoms with Crippen LogP contribution in [0.25, 0.3) is 0 Å². The van der Waals surface area contributed by atoms with Gasteiger partial charge in [0.25, 0.3) is 0 Å². The van der Waals surface area contributed by atoms with Crippen LogP contribution >= 0.6 is 59.1 Å². The molecule has 2 aromatic rings. The van der Waals surface area contributed by atoms with Crippen LogP contribution in [0.3, 0.4) is 0 Å². The van der Waals surface area contributed by atoms with Crippen LogP contribution in [0.4, 0.5) is 4.39 Å². The predicted molar refractivity (Wildman–Crippen MR) is 82.5 cm³/mol. The second-order valence-corrected chi connectivity index (χ2v) is 7.84. The van der Waals surface area contributed by atoms with Gasteiger partial charge in [-0.15, -0.1) is 11.3 Å². The van der Waals surface area contributed by atoms with Gasteiger partial charge in [-0.05, 0) is 55.6 Å². The van der Waals surface area contributed by atoms with Crippen molar-refractivity contribution in [2.24, 2.45) is 0 Å². The van der Waals surface area contributed by atoms with Gasteiger partial charge in [-0.25, -0.2) is 4.39 Å². The lowest BCUT2D eigenvalue weighted by atomic mass is 10.1. The number of halogens is 4. The lowest BCUT2D eigenvalue weighted by molar-refractivity contribution is 0.182. The fraction of sp³-hybridized carbons (Fsp3) is 0.167. The summed E-state index contributed by atoms with van der Waals surface area (Å²) in [6.45, 7) is 0. The SMILES string of the molecule is OC(Cc1ccc(F)cc1Br)c1cc(Br)c(Br)s1. The largest absolute Gasteiger partial charge is 0.387 e. The molecular weight excluding hydrogens is 451 g/mol. The van der Waals surface area contributed by atoms with Gasteiger partial charge in [-0.1, -0.05) is 22.0 Å². The Bertz CT molecular complexity index is 551. The Balaban J connectivity index is 2.18. The number of thiophene rings is 1. The van der Waals surface area contributed by atoms with Crippen molar-refractivity contribution in [3.63, 3.8) is 0 Å². The van der Waals surface area contributed by atoms with E-state index in [1.165, 1.54) is 23.5 Å². The first-order chi connectivity index (χ1) is 8.47. The summed E-state index contributed by atoms with van der Waals surface area (Å²) in [5, 5.41) is 10.2. The Kier molecular flexibility index (Phi) is 4.99.